The van der Waals surface area contributed by atoms with Gasteiger partial charge in [0.15, 0.2) is 23.9 Å². The number of aromatic hydroxyl groups is 4. The molecule has 0 spiro atoms. The lowest BCUT2D eigenvalue weighted by Gasteiger charge is -2.46. The normalized spacial score (nSPS) is 35.9. The van der Waals surface area contributed by atoms with Gasteiger partial charge in [-0.2, -0.15) is 0 Å². The number of phenols is 4. The van der Waals surface area contributed by atoms with Gasteiger partial charge in [0, 0.05) is 17.7 Å². The highest BCUT2D eigenvalue weighted by Crippen LogP contribution is 2.45. The minimum absolute atomic E-state index is 0.0139. The fourth-order valence-corrected chi connectivity index (χ4v) is 5.06. The first-order valence-electron chi connectivity index (χ1n) is 13.1. The molecule has 0 radical (unpaired) electrons. The number of hydrogen-bond acceptors (Lipinski definition) is 16. The Bertz CT molecular complexity index is 1330. The molecule has 2 saturated heterocycles. The molecule has 236 valence electrons. The topological polar surface area (TPSA) is 269 Å². The largest absolute Gasteiger partial charge is 0.508 e. The van der Waals surface area contributed by atoms with E-state index in [0.717, 1.165) is 12.1 Å². The Morgan fingerprint density at radius 2 is 1.35 bits per heavy atom. The number of hydrogen-bond donors (Lipinski definition) is 11. The summed E-state index contributed by atoms with van der Waals surface area (Å²) in [5.41, 5.74) is 0.276. The van der Waals surface area contributed by atoms with E-state index in [1.54, 1.807) is 0 Å². The van der Waals surface area contributed by atoms with E-state index < -0.39 is 98.0 Å². The van der Waals surface area contributed by atoms with Crippen LogP contribution in [-0.4, -0.2) is 131 Å². The standard InChI is InChI=1S/C27H32O16/c28-7-17-19(34)21(36)22(37)26(41-17)43-25-20(35)18(8-29)42-27(23(25)38)40-16-6-11-13(32)4-10(30)5-15(11)39-24(16)9-1-2-12(31)14(33)3-9/h1-6,17-38H,7-8H2/t17?,18?,19-,20-,21?,22-,23?,24?,25?,26+,27-/m1/s1. The zero-order chi connectivity index (χ0) is 31.2. The van der Waals surface area contributed by atoms with Crippen molar-refractivity contribution in [2.24, 2.45) is 0 Å². The van der Waals surface area contributed by atoms with Crippen molar-refractivity contribution in [2.45, 2.75) is 67.5 Å². The fraction of sp³-hybridized carbons (Fsp3) is 0.481. The molecule has 2 aromatic rings. The van der Waals surface area contributed by atoms with Crippen LogP contribution >= 0.6 is 0 Å². The molecule has 0 aromatic heterocycles. The molecule has 5 rings (SSSR count). The van der Waals surface area contributed by atoms with Gasteiger partial charge in [0.25, 0.3) is 0 Å². The number of ether oxygens (including phenoxy) is 5. The molecule has 2 aromatic carbocycles. The second kappa shape index (κ2) is 12.3. The molecular weight excluding hydrogens is 580 g/mol. The van der Waals surface area contributed by atoms with Crippen molar-refractivity contribution in [3.8, 4) is 28.7 Å². The summed E-state index contributed by atoms with van der Waals surface area (Å²) in [4.78, 5) is 0. The summed E-state index contributed by atoms with van der Waals surface area (Å²) >= 11 is 0. The number of fused-ring (bicyclic) bond motifs is 1. The number of aliphatic hydroxyl groups excluding tert-OH is 7. The van der Waals surface area contributed by atoms with E-state index >= 15 is 0 Å². The van der Waals surface area contributed by atoms with Gasteiger partial charge in [0.05, 0.1) is 18.8 Å². The predicted octanol–water partition coefficient (Wildman–Crippen LogP) is -2.38. The van der Waals surface area contributed by atoms with Crippen LogP contribution in [-0.2, 0) is 18.9 Å². The number of rotatable bonds is 7. The summed E-state index contributed by atoms with van der Waals surface area (Å²) in [5, 5.41) is 112. The van der Waals surface area contributed by atoms with Gasteiger partial charge in [-0.25, -0.2) is 0 Å². The lowest BCUT2D eigenvalue weighted by molar-refractivity contribution is -0.357. The molecule has 6 unspecified atom stereocenters. The van der Waals surface area contributed by atoms with Crippen LogP contribution in [0.5, 0.6) is 28.7 Å². The van der Waals surface area contributed by atoms with Crippen LogP contribution in [0.1, 0.15) is 17.2 Å². The van der Waals surface area contributed by atoms with Gasteiger partial charge in [0.1, 0.15) is 71.8 Å². The Kier molecular flexibility index (Phi) is 8.87. The molecule has 43 heavy (non-hydrogen) atoms. The molecule has 0 bridgehead atoms. The third kappa shape index (κ3) is 5.89. The number of phenolic OH excluding ortho intramolecular Hbond substituents is 4. The molecule has 16 nitrogen and oxygen atoms in total. The van der Waals surface area contributed by atoms with Gasteiger partial charge in [-0.1, -0.05) is 6.07 Å². The molecule has 0 saturated carbocycles. The minimum atomic E-state index is -1.88. The molecule has 3 aliphatic rings. The van der Waals surface area contributed by atoms with Crippen LogP contribution < -0.4 is 4.74 Å². The van der Waals surface area contributed by atoms with Crippen molar-refractivity contribution < 1.29 is 79.9 Å². The van der Waals surface area contributed by atoms with Gasteiger partial charge in [-0.3, -0.25) is 0 Å². The number of aliphatic hydroxyl groups is 7. The highest BCUT2D eigenvalue weighted by molar-refractivity contribution is 5.69. The van der Waals surface area contributed by atoms with Crippen LogP contribution in [0.4, 0.5) is 0 Å². The second-order valence-corrected chi connectivity index (χ2v) is 10.3. The van der Waals surface area contributed by atoms with Crippen LogP contribution in [0, 0.1) is 0 Å². The molecule has 3 heterocycles. The van der Waals surface area contributed by atoms with Crippen LogP contribution in [0.2, 0.25) is 0 Å². The first kappa shape index (κ1) is 31.0. The van der Waals surface area contributed by atoms with Crippen molar-refractivity contribution in [3.63, 3.8) is 0 Å². The lowest BCUT2D eigenvalue weighted by Crippen LogP contribution is -2.64. The molecule has 16 heteroatoms. The summed E-state index contributed by atoms with van der Waals surface area (Å²) in [7, 11) is 0. The van der Waals surface area contributed by atoms with Crippen molar-refractivity contribution in [3.05, 3.63) is 47.2 Å². The molecule has 3 aliphatic heterocycles. The molecule has 0 aliphatic carbocycles. The third-order valence-electron chi connectivity index (χ3n) is 7.41. The Labute approximate surface area is 243 Å². The Morgan fingerprint density at radius 3 is 2.02 bits per heavy atom. The van der Waals surface area contributed by atoms with E-state index in [9.17, 15) is 56.2 Å². The van der Waals surface area contributed by atoms with Gasteiger partial charge in [-0.05, 0) is 18.2 Å². The van der Waals surface area contributed by atoms with Crippen molar-refractivity contribution in [1.29, 1.82) is 0 Å². The summed E-state index contributed by atoms with van der Waals surface area (Å²) < 4.78 is 28.4. The zero-order valence-corrected chi connectivity index (χ0v) is 22.2. The number of benzene rings is 2. The Hall–Kier alpha value is -3.42. The van der Waals surface area contributed by atoms with Crippen molar-refractivity contribution >= 4 is 6.08 Å². The third-order valence-corrected chi connectivity index (χ3v) is 7.41. The SMILES string of the molecule is OCC1O[C@@H](OC2=Cc3c(O)cc(O)cc3OC2c2ccc(O)c(O)c2)C(O)C(O[C@@H]2OC(CO)[C@@H](O)C(O)[C@H]2O)[C@@H]1O. The predicted molar refractivity (Wildman–Crippen MR) is 138 cm³/mol. The van der Waals surface area contributed by atoms with Crippen LogP contribution in [0.25, 0.3) is 6.08 Å². The maximum absolute atomic E-state index is 11.2. The minimum Gasteiger partial charge on any atom is -0.508 e. The van der Waals surface area contributed by atoms with E-state index in [1.165, 1.54) is 24.3 Å². The first-order valence-corrected chi connectivity index (χ1v) is 13.1. The van der Waals surface area contributed by atoms with E-state index in [4.69, 9.17) is 23.7 Å². The Balaban J connectivity index is 1.46. The highest BCUT2D eigenvalue weighted by atomic mass is 16.7. The second-order valence-electron chi connectivity index (χ2n) is 10.3. The summed E-state index contributed by atoms with van der Waals surface area (Å²) in [6.45, 7) is -1.56. The average molecular weight is 613 g/mol. The van der Waals surface area contributed by atoms with Crippen molar-refractivity contribution in [1.82, 2.24) is 0 Å². The average Bonchev–Trinajstić information content (AvgIpc) is 2.97. The van der Waals surface area contributed by atoms with Crippen LogP contribution in [0.3, 0.4) is 0 Å². The first-order chi connectivity index (χ1) is 20.4. The monoisotopic (exact) mass is 612 g/mol. The molecule has 0 amide bonds. The smallest absolute Gasteiger partial charge is 0.228 e. The Morgan fingerprint density at radius 1 is 0.674 bits per heavy atom. The van der Waals surface area contributed by atoms with E-state index in [2.05, 4.69) is 0 Å². The maximum atomic E-state index is 11.2. The van der Waals surface area contributed by atoms with Gasteiger partial charge < -0.3 is 79.9 Å². The van der Waals surface area contributed by atoms with Crippen LogP contribution in [0.15, 0.2) is 36.1 Å². The summed E-state index contributed by atoms with van der Waals surface area (Å²) in [5.74, 6) is -1.78. The zero-order valence-electron chi connectivity index (χ0n) is 22.2. The van der Waals surface area contributed by atoms with Gasteiger partial charge in [-0.15, -0.1) is 0 Å². The van der Waals surface area contributed by atoms with Crippen molar-refractivity contribution in [2.75, 3.05) is 13.2 Å². The van der Waals surface area contributed by atoms with E-state index in [0.29, 0.717) is 0 Å². The summed E-state index contributed by atoms with van der Waals surface area (Å²) in [6.07, 6.45) is -16.9. The van der Waals surface area contributed by atoms with Gasteiger partial charge >= 0.3 is 0 Å². The molecule has 2 fully saturated rings. The molecule has 11 N–H and O–H groups in total. The summed E-state index contributed by atoms with van der Waals surface area (Å²) in [6, 6.07) is 5.97. The van der Waals surface area contributed by atoms with E-state index in [-0.39, 0.29) is 28.4 Å². The maximum Gasteiger partial charge on any atom is 0.228 e. The lowest BCUT2D eigenvalue weighted by atomic mass is 9.96. The van der Waals surface area contributed by atoms with E-state index in [1.807, 2.05) is 0 Å². The highest BCUT2D eigenvalue weighted by Gasteiger charge is 2.51. The molecular formula is C27H32O16. The molecule has 11 atom stereocenters. The quantitative estimate of drug-likeness (QED) is 0.146. The van der Waals surface area contributed by atoms with Gasteiger partial charge in [0.2, 0.25) is 6.29 Å². The fourth-order valence-electron chi connectivity index (χ4n) is 5.06.